The van der Waals surface area contributed by atoms with E-state index in [1.54, 1.807) is 0 Å². The molecular formula is C37H60O6. The number of allylic oxidation sites excluding steroid dienone is 2. The van der Waals surface area contributed by atoms with Gasteiger partial charge in [0.05, 0.1) is 0 Å². The van der Waals surface area contributed by atoms with E-state index in [0.29, 0.717) is 48.3 Å². The van der Waals surface area contributed by atoms with Crippen LogP contribution in [0.3, 0.4) is 0 Å². The molecule has 43 heavy (non-hydrogen) atoms. The molecule has 0 N–H and O–H groups in total. The van der Waals surface area contributed by atoms with Gasteiger partial charge in [0.25, 0.3) is 0 Å². The zero-order chi connectivity index (χ0) is 32.1. The van der Waals surface area contributed by atoms with E-state index in [9.17, 15) is 14.4 Å². The van der Waals surface area contributed by atoms with Crippen molar-refractivity contribution in [3.63, 3.8) is 0 Å². The zero-order valence-corrected chi connectivity index (χ0v) is 29.0. The van der Waals surface area contributed by atoms with E-state index in [2.05, 4.69) is 61.5 Å². The van der Waals surface area contributed by atoms with Crippen molar-refractivity contribution in [3.8, 4) is 0 Å². The molecule has 244 valence electrons. The fourth-order valence-electron chi connectivity index (χ4n) is 10.5. The first-order valence-electron chi connectivity index (χ1n) is 17.1. The number of hydrogen-bond donors (Lipinski definition) is 0. The number of carbonyl (C=O) groups is 3. The van der Waals surface area contributed by atoms with Crippen molar-refractivity contribution in [2.45, 2.75) is 146 Å². The van der Waals surface area contributed by atoms with Gasteiger partial charge in [-0.15, -0.1) is 0 Å². The molecular weight excluding hydrogens is 540 g/mol. The second-order valence-electron chi connectivity index (χ2n) is 16.3. The molecule has 4 fully saturated rings. The average Bonchev–Trinajstić information content (AvgIpc) is 3.24. The number of carbonyl (C=O) groups excluding carboxylic acids is 3. The minimum absolute atomic E-state index is 0.0618. The van der Waals surface area contributed by atoms with Crippen LogP contribution in [0.4, 0.5) is 0 Å². The highest BCUT2D eigenvalue weighted by molar-refractivity contribution is 5.67. The van der Waals surface area contributed by atoms with Crippen LogP contribution in [0, 0.1) is 57.7 Å². The summed E-state index contributed by atoms with van der Waals surface area (Å²) in [5.41, 5.74) is 1.80. The van der Waals surface area contributed by atoms with Gasteiger partial charge in [-0.2, -0.15) is 0 Å². The summed E-state index contributed by atoms with van der Waals surface area (Å²) in [6.45, 7) is 23.4. The van der Waals surface area contributed by atoms with E-state index in [1.807, 2.05) is 0 Å². The summed E-state index contributed by atoms with van der Waals surface area (Å²) in [7, 11) is 0. The van der Waals surface area contributed by atoms with Gasteiger partial charge in [0.15, 0.2) is 0 Å². The number of fused-ring (bicyclic) bond motifs is 5. The number of ether oxygens (including phenoxy) is 3. The molecule has 0 spiro atoms. The van der Waals surface area contributed by atoms with Crippen molar-refractivity contribution < 1.29 is 28.6 Å². The summed E-state index contributed by atoms with van der Waals surface area (Å²) < 4.78 is 17.7. The smallest absolute Gasteiger partial charge is 0.303 e. The Balaban J connectivity index is 1.61. The normalized spacial score (nSPS) is 40.1. The molecule has 0 aromatic carbocycles. The predicted octanol–water partition coefficient (Wildman–Crippen LogP) is 8.31. The Kier molecular flexibility index (Phi) is 9.90. The molecule has 4 aliphatic rings. The first-order chi connectivity index (χ1) is 19.9. The summed E-state index contributed by atoms with van der Waals surface area (Å²) in [5, 5.41) is 0. The molecule has 4 aliphatic carbocycles. The topological polar surface area (TPSA) is 78.9 Å². The lowest BCUT2D eigenvalue weighted by Gasteiger charge is -2.63. The van der Waals surface area contributed by atoms with Crippen LogP contribution in [0.2, 0.25) is 0 Å². The lowest BCUT2D eigenvalue weighted by atomic mass is 9.43. The highest BCUT2D eigenvalue weighted by atomic mass is 16.6. The molecule has 0 radical (unpaired) electrons. The van der Waals surface area contributed by atoms with Crippen molar-refractivity contribution >= 4 is 17.9 Å². The van der Waals surface area contributed by atoms with E-state index in [4.69, 9.17) is 14.2 Å². The zero-order valence-electron chi connectivity index (χ0n) is 29.0. The maximum absolute atomic E-state index is 12.4. The standard InChI is InChI=1S/C37H60O6/c1-21(2)35(8,9)23(4)13-12-22(3)28-14-15-29-27-18-32(41-24(5)38)31-19-33(42-25(6)39)34(43-26(7)40)20-37(31,11)30(27)16-17-36(28,29)10/h13,21-22,27-34H,12,14-20H2,1-11H3. The summed E-state index contributed by atoms with van der Waals surface area (Å²) in [6, 6.07) is 0. The number of rotatable bonds is 8. The molecule has 0 amide bonds. The van der Waals surface area contributed by atoms with Gasteiger partial charge in [-0.1, -0.05) is 60.1 Å². The second-order valence-corrected chi connectivity index (χ2v) is 16.3. The van der Waals surface area contributed by atoms with Gasteiger partial charge in [0.2, 0.25) is 0 Å². The summed E-state index contributed by atoms with van der Waals surface area (Å²) >= 11 is 0. The molecule has 0 heterocycles. The minimum Gasteiger partial charge on any atom is -0.462 e. The van der Waals surface area contributed by atoms with Crippen LogP contribution in [-0.4, -0.2) is 36.2 Å². The first kappa shape index (κ1) is 34.0. The van der Waals surface area contributed by atoms with E-state index < -0.39 is 12.2 Å². The Morgan fingerprint density at radius 1 is 0.767 bits per heavy atom. The monoisotopic (exact) mass is 600 g/mol. The fraction of sp³-hybridized carbons (Fsp3) is 0.865. The van der Waals surface area contributed by atoms with Crippen LogP contribution in [-0.2, 0) is 28.6 Å². The quantitative estimate of drug-likeness (QED) is 0.158. The Morgan fingerprint density at radius 2 is 1.33 bits per heavy atom. The summed E-state index contributed by atoms with van der Waals surface area (Å²) in [5.74, 6) is 2.50. The lowest BCUT2D eigenvalue weighted by molar-refractivity contribution is -0.219. The predicted molar refractivity (Wildman–Crippen MR) is 169 cm³/mol. The van der Waals surface area contributed by atoms with E-state index in [0.717, 1.165) is 19.3 Å². The fourth-order valence-corrected chi connectivity index (χ4v) is 10.5. The summed E-state index contributed by atoms with van der Waals surface area (Å²) in [6.07, 6.45) is 9.32. The Morgan fingerprint density at radius 3 is 1.91 bits per heavy atom. The van der Waals surface area contributed by atoms with Crippen molar-refractivity contribution in [1.82, 2.24) is 0 Å². The molecule has 0 saturated heterocycles. The number of hydrogen-bond acceptors (Lipinski definition) is 6. The first-order valence-corrected chi connectivity index (χ1v) is 17.1. The van der Waals surface area contributed by atoms with E-state index in [-0.39, 0.29) is 46.2 Å². The van der Waals surface area contributed by atoms with Gasteiger partial charge in [0, 0.05) is 26.7 Å². The maximum atomic E-state index is 12.4. The van der Waals surface area contributed by atoms with Gasteiger partial charge >= 0.3 is 17.9 Å². The third-order valence-corrected chi connectivity index (χ3v) is 13.6. The molecule has 6 nitrogen and oxygen atoms in total. The third kappa shape index (κ3) is 6.45. The molecule has 4 rings (SSSR count). The van der Waals surface area contributed by atoms with Gasteiger partial charge < -0.3 is 14.2 Å². The van der Waals surface area contributed by atoms with Gasteiger partial charge in [-0.25, -0.2) is 0 Å². The highest BCUT2D eigenvalue weighted by Gasteiger charge is 2.64. The van der Waals surface area contributed by atoms with Crippen molar-refractivity contribution in [3.05, 3.63) is 11.6 Å². The highest BCUT2D eigenvalue weighted by Crippen LogP contribution is 2.69. The minimum atomic E-state index is -0.517. The van der Waals surface area contributed by atoms with Gasteiger partial charge in [-0.05, 0) is 110 Å². The molecule has 4 saturated carbocycles. The maximum Gasteiger partial charge on any atom is 0.303 e. The lowest BCUT2D eigenvalue weighted by Crippen LogP contribution is -2.62. The van der Waals surface area contributed by atoms with Crippen molar-refractivity contribution in [1.29, 1.82) is 0 Å². The molecule has 6 heteroatoms. The van der Waals surface area contributed by atoms with Crippen LogP contribution in [0.5, 0.6) is 0 Å². The third-order valence-electron chi connectivity index (χ3n) is 13.6. The van der Waals surface area contributed by atoms with Crippen molar-refractivity contribution in [2.75, 3.05) is 0 Å². The molecule has 0 aromatic rings. The Hall–Kier alpha value is -1.85. The molecule has 0 aliphatic heterocycles. The van der Waals surface area contributed by atoms with E-state index >= 15 is 0 Å². The number of esters is 3. The van der Waals surface area contributed by atoms with Crippen LogP contribution in [0.25, 0.3) is 0 Å². The second kappa shape index (κ2) is 12.5. The Bertz CT molecular complexity index is 1090. The van der Waals surface area contributed by atoms with Crippen LogP contribution >= 0.6 is 0 Å². The van der Waals surface area contributed by atoms with Crippen LogP contribution < -0.4 is 0 Å². The van der Waals surface area contributed by atoms with Crippen molar-refractivity contribution in [2.24, 2.45) is 57.7 Å². The van der Waals surface area contributed by atoms with Crippen LogP contribution in [0.15, 0.2) is 11.6 Å². The molecule has 11 atom stereocenters. The molecule has 0 aromatic heterocycles. The average molecular weight is 601 g/mol. The summed E-state index contributed by atoms with van der Waals surface area (Å²) in [4.78, 5) is 36.6. The van der Waals surface area contributed by atoms with E-state index in [1.165, 1.54) is 45.6 Å². The Labute approximate surface area is 261 Å². The molecule has 11 unspecified atom stereocenters. The van der Waals surface area contributed by atoms with Crippen LogP contribution in [0.1, 0.15) is 128 Å². The van der Waals surface area contributed by atoms with Gasteiger partial charge in [-0.3, -0.25) is 14.4 Å². The van der Waals surface area contributed by atoms with Gasteiger partial charge in [0.1, 0.15) is 18.3 Å². The SMILES string of the molecule is CC(=O)OC1CC2C(OC(C)=O)CC3C4CCC(C(C)CC=C(C)C(C)(C)C(C)C)C4(C)CCC3C2(C)CC1OC(C)=O. The molecule has 0 bridgehead atoms. The largest absolute Gasteiger partial charge is 0.462 e.